The van der Waals surface area contributed by atoms with Gasteiger partial charge >= 0.3 is 5.97 Å². The molecule has 0 spiro atoms. The summed E-state index contributed by atoms with van der Waals surface area (Å²) in [6.45, 7) is 10.5. The molecule has 0 aliphatic carbocycles. The SMILES string of the molecule is CCOC(=O)COc1ccc2ccccc2c1C=Nn1c(-c2cc(C(C)C)c(OCC)cc2C)nc2ccccc2c1=O. The van der Waals surface area contributed by atoms with Crippen molar-refractivity contribution >= 4 is 33.9 Å². The van der Waals surface area contributed by atoms with Crippen molar-refractivity contribution in [3.8, 4) is 22.9 Å². The lowest BCUT2D eigenvalue weighted by Crippen LogP contribution is -2.21. The quantitative estimate of drug-likeness (QED) is 0.133. The average molecular weight is 578 g/mol. The number of aromatic nitrogens is 2. The highest BCUT2D eigenvalue weighted by molar-refractivity contribution is 6.02. The zero-order chi connectivity index (χ0) is 30.5. The van der Waals surface area contributed by atoms with Gasteiger partial charge in [0, 0.05) is 11.1 Å². The Labute approximate surface area is 250 Å². The summed E-state index contributed by atoms with van der Waals surface area (Å²) in [6.07, 6.45) is 1.59. The van der Waals surface area contributed by atoms with Gasteiger partial charge in [-0.05, 0) is 78.9 Å². The Balaban J connectivity index is 1.72. The molecular weight excluding hydrogens is 542 g/mol. The van der Waals surface area contributed by atoms with Crippen LogP contribution in [-0.4, -0.2) is 41.7 Å². The molecular formula is C35H35N3O5. The molecule has 0 aliphatic rings. The highest BCUT2D eigenvalue weighted by Crippen LogP contribution is 2.34. The van der Waals surface area contributed by atoms with Gasteiger partial charge in [0.2, 0.25) is 0 Å². The molecule has 1 heterocycles. The lowest BCUT2D eigenvalue weighted by molar-refractivity contribution is -0.145. The van der Waals surface area contributed by atoms with Crippen LogP contribution >= 0.6 is 0 Å². The standard InChI is InChI=1S/C35H35N3O5/c1-6-41-32-18-23(5)28(19-27(32)22(3)4)34-37-30-15-11-10-14-26(30)35(40)38(34)36-20-29-25-13-9-8-12-24(25)16-17-31(29)43-21-33(39)42-7-2/h8-20,22H,6-7,21H2,1-5H3. The molecule has 220 valence electrons. The van der Waals surface area contributed by atoms with Crippen LogP contribution in [0.1, 0.15) is 50.3 Å². The number of ether oxygens (including phenoxy) is 3. The first-order valence-corrected chi connectivity index (χ1v) is 14.5. The van der Waals surface area contributed by atoms with Gasteiger partial charge in [0.25, 0.3) is 5.56 Å². The van der Waals surface area contributed by atoms with E-state index in [0.717, 1.165) is 33.2 Å². The van der Waals surface area contributed by atoms with Crippen molar-refractivity contribution in [2.24, 2.45) is 5.10 Å². The summed E-state index contributed by atoms with van der Waals surface area (Å²) in [5.41, 5.74) is 3.61. The van der Waals surface area contributed by atoms with E-state index in [1.807, 2.05) is 74.5 Å². The molecule has 0 bridgehead atoms. The Morgan fingerprint density at radius 2 is 1.67 bits per heavy atom. The molecule has 0 aliphatic heterocycles. The number of hydrogen-bond donors (Lipinski definition) is 0. The van der Waals surface area contributed by atoms with Gasteiger partial charge in [-0.15, -0.1) is 0 Å². The zero-order valence-corrected chi connectivity index (χ0v) is 25.1. The van der Waals surface area contributed by atoms with Crippen molar-refractivity contribution in [2.75, 3.05) is 19.8 Å². The smallest absolute Gasteiger partial charge is 0.344 e. The average Bonchev–Trinajstić information content (AvgIpc) is 3.00. The summed E-state index contributed by atoms with van der Waals surface area (Å²) in [5, 5.41) is 7.01. The van der Waals surface area contributed by atoms with Gasteiger partial charge in [0.15, 0.2) is 12.4 Å². The number of benzene rings is 4. The summed E-state index contributed by atoms with van der Waals surface area (Å²) in [7, 11) is 0. The van der Waals surface area contributed by atoms with E-state index in [2.05, 4.69) is 13.8 Å². The van der Waals surface area contributed by atoms with Gasteiger partial charge in [-0.3, -0.25) is 4.79 Å². The molecule has 0 radical (unpaired) electrons. The highest BCUT2D eigenvalue weighted by atomic mass is 16.6. The van der Waals surface area contributed by atoms with Crippen LogP contribution in [0.2, 0.25) is 0 Å². The number of carbonyl (C=O) groups is 1. The summed E-state index contributed by atoms with van der Waals surface area (Å²) in [6, 6.07) is 22.8. The summed E-state index contributed by atoms with van der Waals surface area (Å²) >= 11 is 0. The summed E-state index contributed by atoms with van der Waals surface area (Å²) in [4.78, 5) is 31.0. The summed E-state index contributed by atoms with van der Waals surface area (Å²) in [5.74, 6) is 1.38. The minimum absolute atomic E-state index is 0.180. The third-order valence-corrected chi connectivity index (χ3v) is 7.16. The Morgan fingerprint density at radius 3 is 2.42 bits per heavy atom. The normalized spacial score (nSPS) is 11.5. The Kier molecular flexibility index (Phi) is 8.85. The molecule has 5 aromatic rings. The molecule has 0 fully saturated rings. The molecule has 8 heteroatoms. The van der Waals surface area contributed by atoms with Crippen LogP contribution in [0.5, 0.6) is 11.5 Å². The van der Waals surface area contributed by atoms with Crippen molar-refractivity contribution in [3.63, 3.8) is 0 Å². The third kappa shape index (κ3) is 6.14. The largest absolute Gasteiger partial charge is 0.494 e. The highest BCUT2D eigenvalue weighted by Gasteiger charge is 2.19. The third-order valence-electron chi connectivity index (χ3n) is 7.16. The van der Waals surface area contributed by atoms with Gasteiger partial charge in [-0.25, -0.2) is 9.78 Å². The van der Waals surface area contributed by atoms with E-state index >= 15 is 0 Å². The number of para-hydroxylation sites is 1. The van der Waals surface area contributed by atoms with E-state index in [0.29, 0.717) is 34.6 Å². The number of fused-ring (bicyclic) bond motifs is 2. The van der Waals surface area contributed by atoms with E-state index in [1.54, 1.807) is 25.3 Å². The summed E-state index contributed by atoms with van der Waals surface area (Å²) < 4.78 is 18.2. The van der Waals surface area contributed by atoms with Crippen LogP contribution in [0.15, 0.2) is 82.7 Å². The Hall–Kier alpha value is -4.98. The molecule has 0 amide bonds. The molecule has 43 heavy (non-hydrogen) atoms. The first kappa shape index (κ1) is 29.5. The van der Waals surface area contributed by atoms with Crippen LogP contribution in [-0.2, 0) is 9.53 Å². The second kappa shape index (κ2) is 12.9. The number of hydrogen-bond acceptors (Lipinski definition) is 7. The van der Waals surface area contributed by atoms with Gasteiger partial charge in [0.05, 0.1) is 30.3 Å². The minimum atomic E-state index is -0.470. The maximum atomic E-state index is 14.0. The van der Waals surface area contributed by atoms with Crippen LogP contribution in [0, 0.1) is 6.92 Å². The van der Waals surface area contributed by atoms with Crippen molar-refractivity contribution in [2.45, 2.75) is 40.5 Å². The lowest BCUT2D eigenvalue weighted by atomic mass is 9.96. The molecule has 0 unspecified atom stereocenters. The fraction of sp³-hybridized carbons (Fsp3) is 0.257. The second-order valence-electron chi connectivity index (χ2n) is 10.4. The number of nitrogens with zero attached hydrogens (tertiary/aromatic N) is 3. The first-order valence-electron chi connectivity index (χ1n) is 14.5. The number of carbonyl (C=O) groups excluding carboxylic acids is 1. The zero-order valence-electron chi connectivity index (χ0n) is 25.1. The monoisotopic (exact) mass is 577 g/mol. The van der Waals surface area contributed by atoms with Crippen LogP contribution in [0.25, 0.3) is 33.1 Å². The predicted molar refractivity (Wildman–Crippen MR) is 171 cm³/mol. The van der Waals surface area contributed by atoms with E-state index in [-0.39, 0.29) is 24.7 Å². The first-order chi connectivity index (χ1) is 20.8. The molecule has 4 aromatic carbocycles. The molecule has 0 N–H and O–H groups in total. The predicted octanol–water partition coefficient (Wildman–Crippen LogP) is 6.87. The van der Waals surface area contributed by atoms with Crippen LogP contribution in [0.3, 0.4) is 0 Å². The van der Waals surface area contributed by atoms with E-state index < -0.39 is 5.97 Å². The van der Waals surface area contributed by atoms with Crippen molar-refractivity contribution in [1.82, 2.24) is 9.66 Å². The van der Waals surface area contributed by atoms with Crippen molar-refractivity contribution < 1.29 is 19.0 Å². The van der Waals surface area contributed by atoms with Gasteiger partial charge < -0.3 is 14.2 Å². The maximum absolute atomic E-state index is 14.0. The molecule has 1 aromatic heterocycles. The van der Waals surface area contributed by atoms with Crippen molar-refractivity contribution in [3.05, 3.63) is 99.8 Å². The molecule has 0 saturated carbocycles. The second-order valence-corrected chi connectivity index (χ2v) is 10.4. The molecule has 8 nitrogen and oxygen atoms in total. The number of aryl methyl sites for hydroxylation is 1. The van der Waals surface area contributed by atoms with Crippen LogP contribution < -0.4 is 15.0 Å². The maximum Gasteiger partial charge on any atom is 0.344 e. The lowest BCUT2D eigenvalue weighted by Gasteiger charge is -2.18. The fourth-order valence-electron chi connectivity index (χ4n) is 5.07. The topological polar surface area (TPSA) is 92.0 Å². The van der Waals surface area contributed by atoms with Gasteiger partial charge in [0.1, 0.15) is 11.5 Å². The van der Waals surface area contributed by atoms with Gasteiger partial charge in [-0.1, -0.05) is 56.3 Å². The fourth-order valence-corrected chi connectivity index (χ4v) is 5.07. The minimum Gasteiger partial charge on any atom is -0.494 e. The molecule has 5 rings (SSSR count). The van der Waals surface area contributed by atoms with E-state index in [9.17, 15) is 9.59 Å². The number of esters is 1. The van der Waals surface area contributed by atoms with Gasteiger partial charge in [-0.2, -0.15) is 9.78 Å². The molecule has 0 saturated heterocycles. The van der Waals surface area contributed by atoms with E-state index in [1.165, 1.54) is 4.68 Å². The molecule has 0 atom stereocenters. The van der Waals surface area contributed by atoms with Crippen molar-refractivity contribution in [1.29, 1.82) is 0 Å². The number of rotatable bonds is 10. The Morgan fingerprint density at radius 1 is 0.930 bits per heavy atom. The van der Waals surface area contributed by atoms with Crippen LogP contribution in [0.4, 0.5) is 0 Å². The Bertz CT molecular complexity index is 1890. The van der Waals surface area contributed by atoms with E-state index in [4.69, 9.17) is 24.3 Å².